The Morgan fingerprint density at radius 1 is 0.782 bits per heavy atom. The number of sulfone groups is 1. The molecule has 0 saturated carbocycles. The number of carbonyl (C=O) groups is 2. The molecule has 5 aliphatic rings. The Hall–Kier alpha value is -4.27. The van der Waals surface area contributed by atoms with Gasteiger partial charge in [0.2, 0.25) is 5.91 Å². The Labute approximate surface area is 473 Å². The van der Waals surface area contributed by atoms with Crippen molar-refractivity contribution in [1.82, 2.24) is 24.3 Å². The number of piperidine rings is 2. The van der Waals surface area contributed by atoms with Crippen LogP contribution in [0.2, 0.25) is 5.02 Å². The van der Waals surface area contributed by atoms with Crippen LogP contribution in [0.25, 0.3) is 5.57 Å². The van der Waals surface area contributed by atoms with Crippen molar-refractivity contribution < 1.29 is 35.9 Å². The standard InChI is InChI=1S/C59H75ClF3N7O5S3/c1-3-55(71)70-29-24-58(25-30-70)22-27-68(28-23-58)43-57(2)21-19-52(44-9-13-47(60)14-10-44)46(40-57)41-67-31-33-69(34-32-67)49-15-11-45(12-16-49)56(72)65-77-51-17-18-53(54(39-51)78(73,74)59(61,62)63)64-48(20-26-66-35-37-75-38-36-66)42-76-50-7-5-4-6-8-50/h4-18,39,48,64H,3,19-38,40-43H2,1-2H3,(H,65,72)/t48-,57?/m1/s1. The van der Waals surface area contributed by atoms with Crippen molar-refractivity contribution in [3.05, 3.63) is 119 Å². The minimum absolute atomic E-state index is 0.137. The molecule has 1 spiro atoms. The minimum atomic E-state index is -5.77. The van der Waals surface area contributed by atoms with Crippen molar-refractivity contribution in [2.75, 3.05) is 114 Å². The number of alkyl halides is 3. The number of halogens is 4. The maximum atomic E-state index is 14.3. The Bertz CT molecular complexity index is 2800. The second kappa shape index (κ2) is 26.1. The van der Waals surface area contributed by atoms with Crippen LogP contribution in [0.5, 0.6) is 0 Å². The molecule has 19 heteroatoms. The van der Waals surface area contributed by atoms with Gasteiger partial charge in [0.15, 0.2) is 0 Å². The molecule has 78 heavy (non-hydrogen) atoms. The summed E-state index contributed by atoms with van der Waals surface area (Å²) in [5.41, 5.74) is 0.410. The SMILES string of the molecule is CCC(=O)N1CCC2(CCN(CC3(C)CCC(c4ccc(Cl)cc4)=C(CN4CCN(c5ccc(C(=O)NSc6ccc(N[C@H](CCN7CCOCC7)CSc7ccccc7)c(S(=O)(=O)C(F)(F)F)c6)cc5)CC4)C3)CC2)CC1. The number of hydrogen-bond acceptors (Lipinski definition) is 12. The van der Waals surface area contributed by atoms with E-state index in [-0.39, 0.29) is 27.9 Å². The summed E-state index contributed by atoms with van der Waals surface area (Å²) in [5.74, 6) is 0.305. The van der Waals surface area contributed by atoms with E-state index in [0.29, 0.717) is 49.3 Å². The number of amides is 2. The predicted octanol–water partition coefficient (Wildman–Crippen LogP) is 11.2. The van der Waals surface area contributed by atoms with E-state index in [1.165, 1.54) is 41.7 Å². The summed E-state index contributed by atoms with van der Waals surface area (Å²) in [6.45, 7) is 17.2. The van der Waals surface area contributed by atoms with E-state index in [2.05, 4.69) is 53.6 Å². The number of thioether (sulfide) groups is 1. The van der Waals surface area contributed by atoms with Crippen molar-refractivity contribution in [1.29, 1.82) is 0 Å². The van der Waals surface area contributed by atoms with Gasteiger partial charge in [0, 0.05) is 116 Å². The number of morpholine rings is 1. The van der Waals surface area contributed by atoms with E-state index in [9.17, 15) is 31.2 Å². The third-order valence-electron chi connectivity index (χ3n) is 16.8. The van der Waals surface area contributed by atoms with Gasteiger partial charge >= 0.3 is 5.51 Å². The Morgan fingerprint density at radius 3 is 2.13 bits per heavy atom. The third-order valence-corrected chi connectivity index (χ3v) is 20.5. The number of ether oxygens (including phenoxy) is 1. The van der Waals surface area contributed by atoms with E-state index in [1.54, 1.807) is 23.9 Å². The van der Waals surface area contributed by atoms with Crippen LogP contribution < -0.4 is 14.9 Å². The largest absolute Gasteiger partial charge is 0.501 e. The van der Waals surface area contributed by atoms with Gasteiger partial charge in [-0.3, -0.25) is 24.1 Å². The predicted molar refractivity (Wildman–Crippen MR) is 309 cm³/mol. The van der Waals surface area contributed by atoms with Crippen LogP contribution in [0.4, 0.5) is 24.5 Å². The van der Waals surface area contributed by atoms with Gasteiger partial charge in [-0.15, -0.1) is 11.8 Å². The van der Waals surface area contributed by atoms with Gasteiger partial charge in [0.05, 0.1) is 18.9 Å². The average molecular weight is 1150 g/mol. The summed E-state index contributed by atoms with van der Waals surface area (Å²) in [7, 11) is -5.77. The number of nitrogens with zero attached hydrogens (tertiary/aromatic N) is 5. The molecule has 2 amide bonds. The lowest BCUT2D eigenvalue weighted by Gasteiger charge is -2.49. The highest BCUT2D eigenvalue weighted by molar-refractivity contribution is 7.99. The van der Waals surface area contributed by atoms with E-state index in [0.717, 1.165) is 144 Å². The monoisotopic (exact) mass is 1150 g/mol. The third kappa shape index (κ3) is 15.0. The second-order valence-electron chi connectivity index (χ2n) is 22.2. The molecule has 1 aliphatic carbocycles. The molecule has 4 heterocycles. The topological polar surface area (TPSA) is 118 Å². The number of anilines is 2. The summed E-state index contributed by atoms with van der Waals surface area (Å²) in [5, 5.41) is 3.90. The van der Waals surface area contributed by atoms with Gasteiger partial charge < -0.3 is 24.8 Å². The van der Waals surface area contributed by atoms with Gasteiger partial charge in [0.1, 0.15) is 4.90 Å². The van der Waals surface area contributed by atoms with E-state index in [4.69, 9.17) is 16.3 Å². The zero-order valence-corrected chi connectivity index (χ0v) is 48.2. The number of likely N-dealkylation sites (tertiary alicyclic amines) is 2. The average Bonchev–Trinajstić information content (AvgIpc) is 3.45. The van der Waals surface area contributed by atoms with Crippen LogP contribution in [0.1, 0.15) is 87.6 Å². The van der Waals surface area contributed by atoms with Gasteiger partial charge in [-0.2, -0.15) is 13.2 Å². The quantitative estimate of drug-likeness (QED) is 0.0688. The summed E-state index contributed by atoms with van der Waals surface area (Å²) >= 11 is 8.68. The van der Waals surface area contributed by atoms with Crippen molar-refractivity contribution in [2.24, 2.45) is 10.8 Å². The summed E-state index contributed by atoms with van der Waals surface area (Å²) in [6, 6.07) is 28.8. The van der Waals surface area contributed by atoms with Crippen LogP contribution in [-0.2, 0) is 19.4 Å². The zero-order chi connectivity index (χ0) is 54.9. The molecule has 2 atom stereocenters. The maximum absolute atomic E-state index is 14.3. The molecule has 0 bridgehead atoms. The smallest absolute Gasteiger partial charge is 0.380 e. The molecule has 0 radical (unpaired) electrons. The molecule has 0 aromatic heterocycles. The van der Waals surface area contributed by atoms with Gasteiger partial charge in [-0.25, -0.2) is 8.42 Å². The molecule has 4 aliphatic heterocycles. The normalized spacial score (nSPS) is 21.4. The van der Waals surface area contributed by atoms with Gasteiger partial charge in [-0.05, 0) is 165 Å². The Balaban J connectivity index is 0.797. The number of allylic oxidation sites excluding steroid dienone is 1. The molecule has 4 aromatic rings. The number of nitrogens with one attached hydrogen (secondary N) is 2. The highest BCUT2D eigenvalue weighted by Crippen LogP contribution is 2.47. The fourth-order valence-electron chi connectivity index (χ4n) is 12.0. The molecule has 4 saturated heterocycles. The first kappa shape index (κ1) is 58.4. The van der Waals surface area contributed by atoms with Crippen LogP contribution in [0.3, 0.4) is 0 Å². The van der Waals surface area contributed by atoms with E-state index < -0.39 is 26.1 Å². The van der Waals surface area contributed by atoms with Crippen molar-refractivity contribution in [3.63, 3.8) is 0 Å². The first-order valence-corrected chi connectivity index (χ1v) is 31.3. The fourth-order valence-corrected chi connectivity index (χ4v) is 14.8. The molecule has 9 rings (SSSR count). The van der Waals surface area contributed by atoms with Crippen molar-refractivity contribution in [2.45, 2.75) is 97.9 Å². The van der Waals surface area contributed by atoms with Crippen molar-refractivity contribution in [3.8, 4) is 0 Å². The van der Waals surface area contributed by atoms with Gasteiger partial charge in [0.25, 0.3) is 15.7 Å². The summed E-state index contributed by atoms with van der Waals surface area (Å²) in [6.07, 6.45) is 9.03. The molecule has 2 N–H and O–H groups in total. The number of hydrogen-bond donors (Lipinski definition) is 2. The fraction of sp³-hybridized carbons (Fsp3) is 0.525. The number of benzene rings is 4. The minimum Gasteiger partial charge on any atom is -0.380 e. The lowest BCUT2D eigenvalue weighted by molar-refractivity contribution is -0.133. The lowest BCUT2D eigenvalue weighted by Crippen LogP contribution is -2.50. The molecular weight excluding hydrogens is 1080 g/mol. The number of carbonyl (C=O) groups excluding carboxylic acids is 2. The number of piperazine rings is 1. The van der Waals surface area contributed by atoms with E-state index >= 15 is 0 Å². The molecule has 4 aromatic carbocycles. The van der Waals surface area contributed by atoms with Crippen LogP contribution >= 0.6 is 35.3 Å². The molecule has 4 fully saturated rings. The van der Waals surface area contributed by atoms with Crippen molar-refractivity contribution >= 4 is 73.9 Å². The van der Waals surface area contributed by atoms with Crippen LogP contribution in [-0.4, -0.2) is 155 Å². The Morgan fingerprint density at radius 2 is 1.46 bits per heavy atom. The summed E-state index contributed by atoms with van der Waals surface area (Å²) < 4.78 is 77.2. The Kier molecular flexibility index (Phi) is 19.5. The second-order valence-corrected chi connectivity index (χ2v) is 26.6. The van der Waals surface area contributed by atoms with E-state index in [1.807, 2.05) is 61.5 Å². The summed E-state index contributed by atoms with van der Waals surface area (Å²) in [4.78, 5) is 38.0. The van der Waals surface area contributed by atoms with Gasteiger partial charge in [-0.1, -0.05) is 61.4 Å². The first-order chi connectivity index (χ1) is 37.5. The molecule has 1 unspecified atom stereocenters. The zero-order valence-electron chi connectivity index (χ0n) is 45.0. The highest BCUT2D eigenvalue weighted by Gasteiger charge is 2.48. The molecule has 12 nitrogen and oxygen atoms in total. The van der Waals surface area contributed by atoms with Crippen LogP contribution in [0, 0.1) is 10.8 Å². The first-order valence-electron chi connectivity index (χ1n) is 27.7. The highest BCUT2D eigenvalue weighted by atomic mass is 35.5. The molecular formula is C59H75ClF3N7O5S3. The van der Waals surface area contributed by atoms with Crippen LogP contribution in [0.15, 0.2) is 117 Å². The maximum Gasteiger partial charge on any atom is 0.501 e. The number of rotatable bonds is 19. The lowest BCUT2D eigenvalue weighted by atomic mass is 9.69. The molecule has 422 valence electrons.